The molecule has 2 aliphatic heterocycles. The van der Waals surface area contributed by atoms with E-state index in [-0.39, 0.29) is 36.3 Å². The molecule has 3 heterocycles. The van der Waals surface area contributed by atoms with Crippen LogP contribution in [0.2, 0.25) is 0 Å². The third-order valence-corrected chi connectivity index (χ3v) is 8.85. The summed E-state index contributed by atoms with van der Waals surface area (Å²) in [5, 5.41) is 14.8. The number of nitrogens with zero attached hydrogens (tertiary/aromatic N) is 4. The van der Waals surface area contributed by atoms with E-state index in [4.69, 9.17) is 5.41 Å². The van der Waals surface area contributed by atoms with E-state index in [2.05, 4.69) is 39.2 Å². The van der Waals surface area contributed by atoms with E-state index in [1.807, 2.05) is 48.5 Å². The first-order valence-electron chi connectivity index (χ1n) is 15.1. The van der Waals surface area contributed by atoms with Gasteiger partial charge in [-0.15, -0.1) is 0 Å². The lowest BCUT2D eigenvalue weighted by Gasteiger charge is -2.34. The summed E-state index contributed by atoms with van der Waals surface area (Å²) in [6.45, 7) is 4.91. The number of methoxy groups -OCH3 is 1. The third-order valence-electron chi connectivity index (χ3n) is 8.85. The van der Waals surface area contributed by atoms with Crippen molar-refractivity contribution in [3.8, 4) is 0 Å². The minimum Gasteiger partial charge on any atom is -0.453 e. The van der Waals surface area contributed by atoms with Crippen molar-refractivity contribution < 1.29 is 19.1 Å². The average molecular weight is 596 g/mol. The monoisotopic (exact) mass is 595 g/mol. The second-order valence-corrected chi connectivity index (χ2v) is 12.1. The van der Waals surface area contributed by atoms with Crippen LogP contribution in [0.25, 0.3) is 0 Å². The zero-order valence-electron chi connectivity index (χ0n) is 25.2. The molecule has 0 bridgehead atoms. The fourth-order valence-electron chi connectivity index (χ4n) is 6.52. The minimum atomic E-state index is -1.00. The van der Waals surface area contributed by atoms with Crippen molar-refractivity contribution in [1.82, 2.24) is 25.1 Å². The summed E-state index contributed by atoms with van der Waals surface area (Å²) in [6, 6.07) is 15.1. The number of hydrogen-bond acceptors (Lipinski definition) is 7. The number of ether oxygens (including phenoxy) is 1. The summed E-state index contributed by atoms with van der Waals surface area (Å²) in [6.07, 6.45) is 4.79. The topological polar surface area (TPSA) is 141 Å². The Labute approximate surface area is 256 Å². The lowest BCUT2D eigenvalue weighted by molar-refractivity contribution is -0.133. The highest BCUT2D eigenvalue weighted by atomic mass is 16.5. The Morgan fingerprint density at radius 3 is 2.70 bits per heavy atom. The van der Waals surface area contributed by atoms with Crippen LogP contribution in [0.15, 0.2) is 54.7 Å². The Bertz CT molecular complexity index is 1630. The van der Waals surface area contributed by atoms with E-state index >= 15 is 0 Å². The molecule has 0 saturated carbocycles. The lowest BCUT2D eigenvalue weighted by atomic mass is 9.82. The van der Waals surface area contributed by atoms with Crippen molar-refractivity contribution in [2.75, 3.05) is 12.4 Å². The van der Waals surface area contributed by atoms with Crippen LogP contribution in [0, 0.1) is 11.3 Å². The summed E-state index contributed by atoms with van der Waals surface area (Å²) in [5.74, 6) is 0.341. The average Bonchev–Trinajstić information content (AvgIpc) is 3.57. The maximum Gasteiger partial charge on any atom is 0.413 e. The molecule has 3 amide bonds. The first-order valence-corrected chi connectivity index (χ1v) is 15.1. The van der Waals surface area contributed by atoms with E-state index < -0.39 is 11.6 Å². The predicted molar refractivity (Wildman–Crippen MR) is 164 cm³/mol. The van der Waals surface area contributed by atoms with Gasteiger partial charge in [0.2, 0.25) is 5.95 Å². The van der Waals surface area contributed by atoms with Gasteiger partial charge < -0.3 is 15.0 Å². The molecule has 11 nitrogen and oxygen atoms in total. The second kappa shape index (κ2) is 11.7. The maximum atomic E-state index is 14.4. The van der Waals surface area contributed by atoms with Crippen molar-refractivity contribution in [3.05, 3.63) is 88.2 Å². The Kier molecular flexibility index (Phi) is 7.79. The van der Waals surface area contributed by atoms with Crippen LogP contribution in [-0.2, 0) is 34.6 Å². The molecular weight excluding hydrogens is 558 g/mol. The molecule has 0 radical (unpaired) electrons. The van der Waals surface area contributed by atoms with E-state index in [0.29, 0.717) is 36.6 Å². The smallest absolute Gasteiger partial charge is 0.413 e. The molecule has 2 aromatic carbocycles. The van der Waals surface area contributed by atoms with Crippen LogP contribution < -0.4 is 10.6 Å². The van der Waals surface area contributed by atoms with E-state index in [1.54, 1.807) is 16.0 Å². The molecule has 6 rings (SSSR count). The largest absolute Gasteiger partial charge is 0.453 e. The normalized spacial score (nSPS) is 20.8. The van der Waals surface area contributed by atoms with E-state index in [1.165, 1.54) is 7.11 Å². The summed E-state index contributed by atoms with van der Waals surface area (Å²) >= 11 is 0. The molecule has 2 atom stereocenters. The third kappa shape index (κ3) is 5.27. The van der Waals surface area contributed by atoms with Crippen molar-refractivity contribution in [2.45, 2.75) is 70.6 Å². The van der Waals surface area contributed by atoms with E-state index in [9.17, 15) is 14.4 Å². The Morgan fingerprint density at radius 1 is 1.16 bits per heavy atom. The number of carbonyl (C=O) groups is 3. The standard InChI is InChI=1S/C33H37N7O4/c1-20(2)14-15-33(24-9-5-4-6-10-24)29(42)40(30(34)38-33)27-11-7-8-21-12-13-22(16-25(21)27)28(41)39-18-23-17-35-31(36-26(23)19-39)37-32(43)44-3/h4-6,9-10,12-13,16-17,20,27H,7-8,11,14-15,18-19H2,1-3H3,(H2,34,38)(H,35,36,37,43)/t27-,33-/m1/s1. The molecule has 44 heavy (non-hydrogen) atoms. The van der Waals surface area contributed by atoms with Crippen LogP contribution in [0.1, 0.15) is 83.9 Å². The first-order chi connectivity index (χ1) is 21.2. The van der Waals surface area contributed by atoms with Gasteiger partial charge in [-0.1, -0.05) is 50.2 Å². The van der Waals surface area contributed by atoms with Gasteiger partial charge in [0.15, 0.2) is 5.96 Å². The number of anilines is 1. The SMILES string of the molecule is COC(=O)Nc1ncc2c(n1)CN(C(=O)c1ccc3c(c1)[C@H](N1C(=N)N[C@](CCC(C)C)(c4ccccc4)C1=O)CCC3)C2. The molecule has 3 aromatic rings. The quantitative estimate of drug-likeness (QED) is 0.353. The van der Waals surface area contributed by atoms with Crippen LogP contribution in [-0.4, -0.2) is 50.7 Å². The molecule has 11 heteroatoms. The van der Waals surface area contributed by atoms with E-state index in [0.717, 1.165) is 41.5 Å². The lowest BCUT2D eigenvalue weighted by Crippen LogP contribution is -2.44. The van der Waals surface area contributed by atoms with Crippen LogP contribution in [0.5, 0.6) is 0 Å². The van der Waals surface area contributed by atoms with Gasteiger partial charge in [-0.3, -0.25) is 25.2 Å². The second-order valence-electron chi connectivity index (χ2n) is 12.1. The molecule has 0 unspecified atom stereocenters. The molecule has 228 valence electrons. The number of nitrogens with one attached hydrogen (secondary N) is 3. The molecule has 0 spiro atoms. The number of carbonyl (C=O) groups excluding carboxylic acids is 3. The van der Waals surface area contributed by atoms with Crippen LogP contribution >= 0.6 is 0 Å². The highest BCUT2D eigenvalue weighted by Gasteiger charge is 2.53. The van der Waals surface area contributed by atoms with Crippen LogP contribution in [0.4, 0.5) is 10.7 Å². The van der Waals surface area contributed by atoms with Gasteiger partial charge >= 0.3 is 6.09 Å². The van der Waals surface area contributed by atoms with Gasteiger partial charge in [0, 0.05) is 23.9 Å². The summed E-state index contributed by atoms with van der Waals surface area (Å²) in [4.78, 5) is 51.6. The van der Waals surface area contributed by atoms with Crippen molar-refractivity contribution >= 4 is 29.8 Å². The predicted octanol–water partition coefficient (Wildman–Crippen LogP) is 4.89. The number of amides is 3. The van der Waals surface area contributed by atoms with Crippen molar-refractivity contribution in [2.24, 2.45) is 5.92 Å². The summed E-state index contributed by atoms with van der Waals surface area (Å²) in [7, 11) is 1.26. The summed E-state index contributed by atoms with van der Waals surface area (Å²) in [5.41, 5.74) is 3.85. The fraction of sp³-hybridized carbons (Fsp3) is 0.394. The van der Waals surface area contributed by atoms with Gasteiger partial charge in [0.05, 0.1) is 25.4 Å². The van der Waals surface area contributed by atoms with Gasteiger partial charge in [-0.2, -0.15) is 0 Å². The van der Waals surface area contributed by atoms with Crippen molar-refractivity contribution in [3.63, 3.8) is 0 Å². The Morgan fingerprint density at radius 2 is 1.95 bits per heavy atom. The zero-order valence-corrected chi connectivity index (χ0v) is 25.2. The number of guanidine groups is 1. The van der Waals surface area contributed by atoms with Crippen LogP contribution in [0.3, 0.4) is 0 Å². The molecule has 3 N–H and O–H groups in total. The maximum absolute atomic E-state index is 14.4. The zero-order chi connectivity index (χ0) is 31.0. The number of aromatic nitrogens is 2. The molecule has 1 aromatic heterocycles. The number of aryl methyl sites for hydroxylation is 1. The first kappa shape index (κ1) is 29.3. The van der Waals surface area contributed by atoms with Gasteiger partial charge in [0.1, 0.15) is 5.54 Å². The Balaban J connectivity index is 1.27. The minimum absolute atomic E-state index is 0.0992. The van der Waals surface area contributed by atoms with Crippen molar-refractivity contribution in [1.29, 1.82) is 5.41 Å². The molecule has 1 fully saturated rings. The molecule has 1 aliphatic carbocycles. The number of fused-ring (bicyclic) bond motifs is 2. The number of hydrogen-bond donors (Lipinski definition) is 3. The molecular formula is C33H37N7O4. The van der Waals surface area contributed by atoms with Gasteiger partial charge in [0.25, 0.3) is 11.8 Å². The fourth-order valence-corrected chi connectivity index (χ4v) is 6.52. The van der Waals surface area contributed by atoms with Gasteiger partial charge in [-0.05, 0) is 66.8 Å². The highest BCUT2D eigenvalue weighted by Crippen LogP contribution is 2.42. The number of benzene rings is 2. The molecule has 1 saturated heterocycles. The summed E-state index contributed by atoms with van der Waals surface area (Å²) < 4.78 is 4.61. The highest BCUT2D eigenvalue weighted by molar-refractivity contribution is 6.08. The molecule has 3 aliphatic rings. The van der Waals surface area contributed by atoms with Gasteiger partial charge in [-0.25, -0.2) is 14.8 Å². The Hall–Kier alpha value is -4.80. The number of rotatable bonds is 7.